The van der Waals surface area contributed by atoms with E-state index >= 15 is 0 Å². The average molecular weight is 453 g/mol. The number of rotatable bonds is 11. The van der Waals surface area contributed by atoms with E-state index in [1.165, 1.54) is 11.0 Å². The van der Waals surface area contributed by atoms with Crippen molar-refractivity contribution in [3.63, 3.8) is 0 Å². The van der Waals surface area contributed by atoms with Crippen LogP contribution < -0.4 is 10.1 Å². The lowest BCUT2D eigenvalue weighted by atomic mass is 10.2. The van der Waals surface area contributed by atoms with E-state index < -0.39 is 5.97 Å². The Morgan fingerprint density at radius 1 is 1.30 bits per heavy atom. The molecule has 3 N–H and O–H groups in total. The molecule has 0 radical (unpaired) electrons. The highest BCUT2D eigenvalue weighted by atomic mass is 32.2. The third kappa shape index (κ3) is 7.03. The Hall–Kier alpha value is -2.59. The molecule has 2 rings (SSSR count). The van der Waals surface area contributed by atoms with Gasteiger partial charge in [-0.1, -0.05) is 36.5 Å². The van der Waals surface area contributed by atoms with Crippen LogP contribution in [0, 0.1) is 0 Å². The normalized spacial score (nSPS) is 15.0. The van der Waals surface area contributed by atoms with Crippen molar-refractivity contribution in [2.24, 2.45) is 0 Å². The molecule has 1 heterocycles. The second-order valence-corrected chi connectivity index (χ2v) is 8.16. The van der Waals surface area contributed by atoms with E-state index in [2.05, 4.69) is 5.32 Å². The zero-order valence-corrected chi connectivity index (χ0v) is 18.2. The lowest BCUT2D eigenvalue weighted by Crippen LogP contribution is -2.39. The minimum atomic E-state index is -0.831. The van der Waals surface area contributed by atoms with Crippen LogP contribution >= 0.6 is 24.0 Å². The smallest absolute Gasteiger partial charge is 0.303 e. The lowest BCUT2D eigenvalue weighted by Gasteiger charge is -2.14. The minimum Gasteiger partial charge on any atom is -0.504 e. The summed E-state index contributed by atoms with van der Waals surface area (Å²) >= 11 is 6.35. The number of carboxylic acids is 1. The first-order chi connectivity index (χ1) is 14.3. The van der Waals surface area contributed by atoms with Gasteiger partial charge in [-0.25, -0.2) is 0 Å². The molecule has 1 aliphatic heterocycles. The standard InChI is InChI=1S/C20H24N2O6S2/c1-2-28-15-10-13(7-8-14(15)23)11-16-19(27)22(20(29)30-16)12-17(24)21-9-5-3-4-6-18(25)26/h7-8,10-11,23H,2-6,9,12H2,1H3,(H,21,24)(H,25,26)/b16-11-. The van der Waals surface area contributed by atoms with Crippen LogP contribution in [0.5, 0.6) is 11.5 Å². The van der Waals surface area contributed by atoms with E-state index in [1.807, 2.05) is 0 Å². The maximum absolute atomic E-state index is 12.6. The topological polar surface area (TPSA) is 116 Å². The first kappa shape index (κ1) is 23.7. The van der Waals surface area contributed by atoms with E-state index in [-0.39, 0.29) is 30.5 Å². The number of hydrogen-bond acceptors (Lipinski definition) is 7. The number of carbonyl (C=O) groups excluding carboxylic acids is 2. The van der Waals surface area contributed by atoms with Crippen molar-refractivity contribution in [2.75, 3.05) is 19.7 Å². The molecule has 0 spiro atoms. The highest BCUT2D eigenvalue weighted by molar-refractivity contribution is 8.26. The van der Waals surface area contributed by atoms with Crippen LogP contribution in [0.25, 0.3) is 6.08 Å². The zero-order chi connectivity index (χ0) is 22.1. The number of unbranched alkanes of at least 4 members (excludes halogenated alkanes) is 2. The van der Waals surface area contributed by atoms with Gasteiger partial charge in [-0.2, -0.15) is 0 Å². The van der Waals surface area contributed by atoms with Gasteiger partial charge in [-0.3, -0.25) is 19.3 Å². The number of aromatic hydroxyl groups is 1. The number of hydrogen-bond donors (Lipinski definition) is 3. The Bertz CT molecular complexity index is 856. The van der Waals surface area contributed by atoms with Crippen LogP contribution in [0.1, 0.15) is 38.2 Å². The van der Waals surface area contributed by atoms with Gasteiger partial charge in [0.1, 0.15) is 10.9 Å². The third-order valence-electron chi connectivity index (χ3n) is 4.15. The molecule has 1 fully saturated rings. The van der Waals surface area contributed by atoms with Gasteiger partial charge in [0, 0.05) is 13.0 Å². The maximum Gasteiger partial charge on any atom is 0.303 e. The first-order valence-corrected chi connectivity index (χ1v) is 10.7. The lowest BCUT2D eigenvalue weighted by molar-refractivity contribution is -0.137. The van der Waals surface area contributed by atoms with E-state index in [4.69, 9.17) is 22.1 Å². The molecule has 1 aromatic carbocycles. The van der Waals surface area contributed by atoms with Gasteiger partial charge in [0.25, 0.3) is 5.91 Å². The maximum atomic E-state index is 12.6. The number of benzene rings is 1. The van der Waals surface area contributed by atoms with Gasteiger partial charge < -0.3 is 20.3 Å². The van der Waals surface area contributed by atoms with Crippen molar-refractivity contribution in [2.45, 2.75) is 32.6 Å². The summed E-state index contributed by atoms with van der Waals surface area (Å²) in [4.78, 5) is 36.8. The molecule has 0 unspecified atom stereocenters. The number of phenols is 1. The van der Waals surface area contributed by atoms with Gasteiger partial charge in [0.05, 0.1) is 11.5 Å². The molecule has 0 aliphatic carbocycles. The molecule has 8 nitrogen and oxygen atoms in total. The Labute approximate surface area is 184 Å². The van der Waals surface area contributed by atoms with Gasteiger partial charge in [0.2, 0.25) is 5.91 Å². The van der Waals surface area contributed by atoms with Crippen molar-refractivity contribution in [3.8, 4) is 11.5 Å². The molecule has 0 saturated carbocycles. The van der Waals surface area contributed by atoms with Crippen LogP contribution in [-0.2, 0) is 14.4 Å². The number of aliphatic carboxylic acids is 1. The van der Waals surface area contributed by atoms with E-state index in [9.17, 15) is 19.5 Å². The number of nitrogens with one attached hydrogen (secondary N) is 1. The molecule has 1 aliphatic rings. The van der Waals surface area contributed by atoms with Crippen LogP contribution in [0.3, 0.4) is 0 Å². The summed E-state index contributed by atoms with van der Waals surface area (Å²) in [5.41, 5.74) is 0.669. The number of phenolic OH excluding ortho intramolecular Hbond substituents is 1. The summed E-state index contributed by atoms with van der Waals surface area (Å²) in [6, 6.07) is 4.77. The first-order valence-electron chi connectivity index (χ1n) is 9.51. The predicted molar refractivity (Wildman–Crippen MR) is 118 cm³/mol. The van der Waals surface area contributed by atoms with Crippen molar-refractivity contribution in [1.29, 1.82) is 0 Å². The minimum absolute atomic E-state index is 0.0150. The number of amides is 2. The van der Waals surface area contributed by atoms with Crippen molar-refractivity contribution >= 4 is 52.2 Å². The molecule has 2 amide bonds. The molecule has 0 bridgehead atoms. The third-order valence-corrected chi connectivity index (χ3v) is 5.52. The number of thiocarbonyl (C=S) groups is 1. The summed E-state index contributed by atoms with van der Waals surface area (Å²) in [7, 11) is 0. The van der Waals surface area contributed by atoms with Crippen LogP contribution in [0.4, 0.5) is 0 Å². The van der Waals surface area contributed by atoms with E-state index in [0.29, 0.717) is 53.0 Å². The van der Waals surface area contributed by atoms with E-state index in [1.54, 1.807) is 25.1 Å². The van der Waals surface area contributed by atoms with E-state index in [0.717, 1.165) is 11.8 Å². The molecule has 30 heavy (non-hydrogen) atoms. The SMILES string of the molecule is CCOc1cc(/C=C2\SC(=S)N(CC(=O)NCCCCCC(=O)O)C2=O)ccc1O. The number of thioether (sulfide) groups is 1. The molecule has 162 valence electrons. The van der Waals surface area contributed by atoms with Gasteiger partial charge in [0.15, 0.2) is 11.5 Å². The molecule has 0 aromatic heterocycles. The van der Waals surface area contributed by atoms with Gasteiger partial charge in [-0.15, -0.1) is 0 Å². The Morgan fingerprint density at radius 3 is 2.77 bits per heavy atom. The molecule has 10 heteroatoms. The molecular formula is C20H24N2O6S2. The average Bonchev–Trinajstić information content (AvgIpc) is 2.94. The summed E-state index contributed by atoms with van der Waals surface area (Å²) in [6.07, 6.45) is 3.69. The number of ether oxygens (including phenoxy) is 1. The Morgan fingerprint density at radius 2 is 2.07 bits per heavy atom. The van der Waals surface area contributed by atoms with Crippen LogP contribution in [0.2, 0.25) is 0 Å². The number of carboxylic acid groups (broad SMARTS) is 1. The predicted octanol–water partition coefficient (Wildman–Crippen LogP) is 2.75. The van der Waals surface area contributed by atoms with Gasteiger partial charge >= 0.3 is 5.97 Å². The van der Waals surface area contributed by atoms with Crippen molar-refractivity contribution < 1.29 is 29.3 Å². The number of nitrogens with zero attached hydrogens (tertiary/aromatic N) is 1. The fourth-order valence-electron chi connectivity index (χ4n) is 2.68. The second kappa shape index (κ2) is 11.6. The number of carbonyl (C=O) groups is 3. The fraction of sp³-hybridized carbons (Fsp3) is 0.400. The molecular weight excluding hydrogens is 428 g/mol. The molecule has 1 aromatic rings. The molecule has 0 atom stereocenters. The van der Waals surface area contributed by atoms with Crippen molar-refractivity contribution in [1.82, 2.24) is 10.2 Å². The quantitative estimate of drug-likeness (QED) is 0.267. The largest absolute Gasteiger partial charge is 0.504 e. The summed E-state index contributed by atoms with van der Waals surface area (Å²) in [5.74, 6) is -1.17. The highest BCUT2D eigenvalue weighted by Crippen LogP contribution is 2.34. The highest BCUT2D eigenvalue weighted by Gasteiger charge is 2.33. The van der Waals surface area contributed by atoms with Gasteiger partial charge in [-0.05, 0) is 43.5 Å². The Balaban J connectivity index is 1.90. The zero-order valence-electron chi connectivity index (χ0n) is 16.6. The summed E-state index contributed by atoms with van der Waals surface area (Å²) < 4.78 is 5.65. The monoisotopic (exact) mass is 452 g/mol. The van der Waals surface area contributed by atoms with Crippen molar-refractivity contribution in [3.05, 3.63) is 28.7 Å². The fourth-order valence-corrected chi connectivity index (χ4v) is 3.94. The summed E-state index contributed by atoms with van der Waals surface area (Å²) in [6.45, 7) is 2.44. The molecule has 1 saturated heterocycles. The Kier molecular flexibility index (Phi) is 9.13. The summed E-state index contributed by atoms with van der Waals surface area (Å²) in [5, 5.41) is 21.1. The van der Waals surface area contributed by atoms with Crippen LogP contribution in [0.15, 0.2) is 23.1 Å². The van der Waals surface area contributed by atoms with Crippen LogP contribution in [-0.4, -0.2) is 56.9 Å². The second-order valence-electron chi connectivity index (χ2n) is 6.48.